The van der Waals surface area contributed by atoms with Crippen molar-refractivity contribution in [3.63, 3.8) is 0 Å². The van der Waals surface area contributed by atoms with E-state index in [0.29, 0.717) is 0 Å². The van der Waals surface area contributed by atoms with Crippen LogP contribution in [0.2, 0.25) is 0 Å². The monoisotopic (exact) mass is 275 g/mol. The molecule has 0 bridgehead atoms. The fourth-order valence-corrected chi connectivity index (χ4v) is 1.77. The van der Waals surface area contributed by atoms with Gasteiger partial charge in [-0.2, -0.15) is 22.0 Å². The molecule has 9 heteroatoms. The molecule has 0 unspecified atom stereocenters. The highest BCUT2D eigenvalue weighted by molar-refractivity contribution is 5.85. The van der Waals surface area contributed by atoms with Crippen molar-refractivity contribution in [2.75, 3.05) is 13.1 Å². The number of carboxylic acid groups (broad SMARTS) is 1. The molecular formula is C9H10F5NO3. The normalized spacial score (nSPS) is 25.3. The Morgan fingerprint density at radius 3 is 2.00 bits per heavy atom. The first-order chi connectivity index (χ1) is 7.98. The number of rotatable bonds is 2. The molecule has 0 aliphatic carbocycles. The Bertz CT molecular complexity index is 368. The van der Waals surface area contributed by atoms with E-state index in [1.165, 1.54) is 6.92 Å². The van der Waals surface area contributed by atoms with Crippen molar-refractivity contribution in [3.05, 3.63) is 0 Å². The first kappa shape index (κ1) is 14.7. The molecule has 0 aromatic heterocycles. The third kappa shape index (κ3) is 2.39. The number of hydrogen-bond acceptors (Lipinski definition) is 2. The van der Waals surface area contributed by atoms with Gasteiger partial charge in [0.15, 0.2) is 0 Å². The molecule has 0 aromatic carbocycles. The highest BCUT2D eigenvalue weighted by atomic mass is 19.4. The van der Waals surface area contributed by atoms with Crippen LogP contribution in [0.4, 0.5) is 22.0 Å². The number of hydrogen-bond donors (Lipinski definition) is 1. The van der Waals surface area contributed by atoms with Gasteiger partial charge in [0, 0.05) is 13.1 Å². The third-order valence-corrected chi connectivity index (χ3v) is 2.84. The van der Waals surface area contributed by atoms with E-state index in [2.05, 4.69) is 0 Å². The SMILES string of the molecule is C[C@@H]1CN(C(=O)C(F)(F)C(F)(F)F)C[C@H]1C(=O)O. The van der Waals surface area contributed by atoms with Crippen molar-refractivity contribution >= 4 is 11.9 Å². The van der Waals surface area contributed by atoms with Gasteiger partial charge in [0.25, 0.3) is 0 Å². The summed E-state index contributed by atoms with van der Waals surface area (Å²) in [6, 6.07) is 0. The number of nitrogens with zero attached hydrogens (tertiary/aromatic N) is 1. The van der Waals surface area contributed by atoms with E-state index >= 15 is 0 Å². The number of carbonyl (C=O) groups excluding carboxylic acids is 1. The van der Waals surface area contributed by atoms with Gasteiger partial charge in [-0.3, -0.25) is 9.59 Å². The predicted octanol–water partition coefficient (Wildman–Crippen LogP) is 1.36. The molecule has 2 atom stereocenters. The summed E-state index contributed by atoms with van der Waals surface area (Å²) in [5.74, 6) is -11.0. The minimum Gasteiger partial charge on any atom is -0.481 e. The van der Waals surface area contributed by atoms with Crippen molar-refractivity contribution in [3.8, 4) is 0 Å². The van der Waals surface area contributed by atoms with E-state index in [0.717, 1.165) is 0 Å². The largest absolute Gasteiger partial charge is 0.481 e. The zero-order valence-electron chi connectivity index (χ0n) is 9.17. The van der Waals surface area contributed by atoms with E-state index < -0.39 is 48.9 Å². The van der Waals surface area contributed by atoms with Gasteiger partial charge in [0.05, 0.1) is 5.92 Å². The Kier molecular flexibility index (Phi) is 3.55. The zero-order chi connectivity index (χ0) is 14.3. The van der Waals surface area contributed by atoms with Crippen LogP contribution in [0.1, 0.15) is 6.92 Å². The average Bonchev–Trinajstić information content (AvgIpc) is 2.57. The Morgan fingerprint density at radius 2 is 1.67 bits per heavy atom. The summed E-state index contributed by atoms with van der Waals surface area (Å²) in [7, 11) is 0. The van der Waals surface area contributed by atoms with Gasteiger partial charge < -0.3 is 10.0 Å². The standard InChI is InChI=1S/C9H10F5NO3/c1-4-2-15(3-5(4)6(16)17)7(18)8(10,11)9(12,13)14/h4-5H,2-3H2,1H3,(H,16,17)/t4-,5-/m1/s1. The zero-order valence-corrected chi connectivity index (χ0v) is 9.17. The highest BCUT2D eigenvalue weighted by Gasteiger charge is 2.65. The summed E-state index contributed by atoms with van der Waals surface area (Å²) in [6.07, 6.45) is -5.98. The van der Waals surface area contributed by atoms with E-state index in [-0.39, 0.29) is 4.90 Å². The van der Waals surface area contributed by atoms with Crippen LogP contribution in [0.3, 0.4) is 0 Å². The second kappa shape index (κ2) is 4.36. The van der Waals surface area contributed by atoms with Gasteiger partial charge in [-0.05, 0) is 5.92 Å². The first-order valence-electron chi connectivity index (χ1n) is 4.95. The van der Waals surface area contributed by atoms with Gasteiger partial charge in [0.1, 0.15) is 0 Å². The number of aliphatic carboxylic acids is 1. The van der Waals surface area contributed by atoms with Crippen molar-refractivity contribution < 1.29 is 36.6 Å². The van der Waals surface area contributed by atoms with Crippen molar-refractivity contribution in [2.24, 2.45) is 11.8 Å². The Labute approximate surface area is 98.4 Å². The Hall–Kier alpha value is -1.41. The molecule has 0 radical (unpaired) electrons. The quantitative estimate of drug-likeness (QED) is 0.774. The third-order valence-electron chi connectivity index (χ3n) is 2.84. The summed E-state index contributed by atoms with van der Waals surface area (Å²) >= 11 is 0. The lowest BCUT2D eigenvalue weighted by Gasteiger charge is -2.24. The first-order valence-corrected chi connectivity index (χ1v) is 4.95. The summed E-state index contributed by atoms with van der Waals surface area (Å²) < 4.78 is 61.5. The van der Waals surface area contributed by atoms with Crippen LogP contribution in [0, 0.1) is 11.8 Å². The molecule has 0 aromatic rings. The number of halogens is 5. The molecule has 1 aliphatic heterocycles. The Balaban J connectivity index is 2.86. The van der Waals surface area contributed by atoms with Gasteiger partial charge in [-0.25, -0.2) is 0 Å². The maximum Gasteiger partial charge on any atom is 0.463 e. The average molecular weight is 275 g/mol. The molecule has 18 heavy (non-hydrogen) atoms. The minimum absolute atomic E-state index is 0.247. The van der Waals surface area contributed by atoms with Crippen LogP contribution in [-0.4, -0.2) is 47.1 Å². The van der Waals surface area contributed by atoms with Gasteiger partial charge in [-0.1, -0.05) is 6.92 Å². The molecule has 1 N–H and O–H groups in total. The lowest BCUT2D eigenvalue weighted by molar-refractivity contribution is -0.274. The van der Waals surface area contributed by atoms with Crippen LogP contribution in [0.15, 0.2) is 0 Å². The molecule has 1 heterocycles. The lowest BCUT2D eigenvalue weighted by atomic mass is 9.99. The molecule has 1 aliphatic rings. The predicted molar refractivity (Wildman–Crippen MR) is 47.9 cm³/mol. The van der Waals surface area contributed by atoms with Crippen LogP contribution in [0.25, 0.3) is 0 Å². The molecule has 1 rings (SSSR count). The molecule has 1 saturated heterocycles. The van der Waals surface area contributed by atoms with Gasteiger partial charge in [-0.15, -0.1) is 0 Å². The van der Waals surface area contributed by atoms with Gasteiger partial charge >= 0.3 is 24.0 Å². The maximum atomic E-state index is 12.8. The fourth-order valence-electron chi connectivity index (χ4n) is 1.77. The number of amides is 1. The fraction of sp³-hybridized carbons (Fsp3) is 0.778. The van der Waals surface area contributed by atoms with E-state index in [4.69, 9.17) is 5.11 Å². The van der Waals surface area contributed by atoms with Crippen molar-refractivity contribution in [1.82, 2.24) is 4.90 Å². The second-order valence-electron chi connectivity index (χ2n) is 4.20. The molecule has 4 nitrogen and oxygen atoms in total. The number of likely N-dealkylation sites (tertiary alicyclic amines) is 1. The smallest absolute Gasteiger partial charge is 0.463 e. The highest BCUT2D eigenvalue weighted by Crippen LogP contribution is 2.38. The van der Waals surface area contributed by atoms with Crippen molar-refractivity contribution in [1.29, 1.82) is 0 Å². The molecule has 0 spiro atoms. The number of carboxylic acids is 1. The van der Waals surface area contributed by atoms with Crippen molar-refractivity contribution in [2.45, 2.75) is 19.0 Å². The molecule has 1 amide bonds. The van der Waals surface area contributed by atoms with Crippen LogP contribution < -0.4 is 0 Å². The summed E-state index contributed by atoms with van der Waals surface area (Å²) in [6.45, 7) is 0.306. The summed E-state index contributed by atoms with van der Waals surface area (Å²) in [5, 5.41) is 8.70. The maximum absolute atomic E-state index is 12.8. The lowest BCUT2D eigenvalue weighted by Crippen LogP contribution is -2.51. The van der Waals surface area contributed by atoms with E-state index in [1.807, 2.05) is 0 Å². The summed E-state index contributed by atoms with van der Waals surface area (Å²) in [4.78, 5) is 22.0. The van der Waals surface area contributed by atoms with E-state index in [1.54, 1.807) is 0 Å². The molecular weight excluding hydrogens is 265 g/mol. The molecule has 104 valence electrons. The summed E-state index contributed by atoms with van der Waals surface area (Å²) in [5.41, 5.74) is 0. The van der Waals surface area contributed by atoms with Crippen LogP contribution >= 0.6 is 0 Å². The Morgan fingerprint density at radius 1 is 1.17 bits per heavy atom. The molecule has 1 fully saturated rings. The van der Waals surface area contributed by atoms with Crippen LogP contribution in [0.5, 0.6) is 0 Å². The number of carbonyl (C=O) groups is 2. The number of alkyl halides is 5. The molecule has 0 saturated carbocycles. The van der Waals surface area contributed by atoms with Crippen LogP contribution in [-0.2, 0) is 9.59 Å². The second-order valence-corrected chi connectivity index (χ2v) is 4.20. The topological polar surface area (TPSA) is 57.6 Å². The minimum atomic E-state index is -5.98. The van der Waals surface area contributed by atoms with Gasteiger partial charge in [0.2, 0.25) is 0 Å². The van der Waals surface area contributed by atoms with E-state index in [9.17, 15) is 31.5 Å².